The number of terminal acetylenes is 3. The number of hydrogen-bond acceptors (Lipinski definition) is 31. The van der Waals surface area contributed by atoms with Crippen molar-refractivity contribution in [3.8, 4) is 60.9 Å². The van der Waals surface area contributed by atoms with E-state index in [0.29, 0.717) is 167 Å². The Bertz CT molecular complexity index is 6830. The third-order valence-electron chi connectivity index (χ3n) is 26.7. The highest BCUT2D eigenvalue weighted by atomic mass is 19.1. The minimum Gasteiger partial charge on any atom is -0.474 e. The van der Waals surface area contributed by atoms with Crippen LogP contribution in [0.4, 0.5) is 56.0 Å². The minimum absolute atomic E-state index is 0.0578. The summed E-state index contributed by atoms with van der Waals surface area (Å²) in [4.78, 5) is 107. The summed E-state index contributed by atoms with van der Waals surface area (Å²) in [5.41, 5.74) is 13.5. The van der Waals surface area contributed by atoms with E-state index in [1.54, 1.807) is 57.0 Å². The summed E-state index contributed by atoms with van der Waals surface area (Å²) in [5.74, 6) is 13.3. The first-order chi connectivity index (χ1) is 71.7. The van der Waals surface area contributed by atoms with Gasteiger partial charge in [0, 0.05) is 153 Å². The van der Waals surface area contributed by atoms with E-state index in [1.807, 2.05) is 68.8 Å². The summed E-state index contributed by atoms with van der Waals surface area (Å²) in [6.45, 7) is 11.9. The number of nitrogens with zero attached hydrogens (tertiary/aromatic N) is 17. The number of aromatic amines is 3. The summed E-state index contributed by atoms with van der Waals surface area (Å²) >= 11 is 0. The molecule has 0 aliphatic heterocycles. The molecule has 5 fully saturated rings. The number of hydrogen-bond donors (Lipinski definition) is 15. The molecule has 776 valence electrons. The van der Waals surface area contributed by atoms with E-state index in [-0.39, 0.29) is 91.7 Å². The molecule has 0 bridgehead atoms. The predicted octanol–water partition coefficient (Wildman–Crippen LogP) is 14.4. The normalized spacial score (nSPS) is 19.4. The zero-order valence-electron chi connectivity index (χ0n) is 85.5. The molecule has 5 saturated carbocycles. The van der Waals surface area contributed by atoms with E-state index in [0.717, 1.165) is 100 Å². The van der Waals surface area contributed by atoms with Gasteiger partial charge in [0.1, 0.15) is 66.8 Å². The highest BCUT2D eigenvalue weighted by Gasteiger charge is 2.39. The van der Waals surface area contributed by atoms with Crippen molar-refractivity contribution < 1.29 is 42.9 Å². The number of ether oxygens (including phenoxy) is 2. The van der Waals surface area contributed by atoms with Crippen LogP contribution in [0.1, 0.15) is 198 Å². The number of aromatic nitrogens is 17. The Kier molecular flexibility index (Phi) is 36.9. The second kappa shape index (κ2) is 50.7. The van der Waals surface area contributed by atoms with Crippen molar-refractivity contribution in [2.24, 2.45) is 35.3 Å². The Balaban J connectivity index is 0.000000147. The number of para-hydroxylation sites is 3. The van der Waals surface area contributed by atoms with Crippen LogP contribution in [0.3, 0.4) is 0 Å². The highest BCUT2D eigenvalue weighted by Crippen LogP contribution is 2.39. The van der Waals surface area contributed by atoms with E-state index < -0.39 is 22.5 Å². The van der Waals surface area contributed by atoms with Crippen molar-refractivity contribution in [2.45, 2.75) is 217 Å². The van der Waals surface area contributed by atoms with E-state index in [1.165, 1.54) is 85.6 Å². The number of benzene rings is 3. The monoisotopic (exact) mass is 2020 g/mol. The molecule has 10 heterocycles. The van der Waals surface area contributed by atoms with E-state index >= 15 is 0 Å². The topological polar surface area (TPSA) is 523 Å². The maximum atomic E-state index is 13.8. The number of fused-ring (bicyclic) bond motifs is 3. The number of alkyl halides is 2. The van der Waals surface area contributed by atoms with Gasteiger partial charge in [-0.2, -0.15) is 25.5 Å². The molecule has 0 spiro atoms. The van der Waals surface area contributed by atoms with Gasteiger partial charge in [0.25, 0.3) is 0 Å². The van der Waals surface area contributed by atoms with Gasteiger partial charge in [0.15, 0.2) is 0 Å². The van der Waals surface area contributed by atoms with Crippen LogP contribution < -0.4 is 63.1 Å². The molecule has 0 radical (unpaired) electrons. The Hall–Kier alpha value is -16.3. The molecule has 149 heavy (non-hydrogen) atoms. The van der Waals surface area contributed by atoms with Crippen LogP contribution in [-0.4, -0.2) is 212 Å². The van der Waals surface area contributed by atoms with Gasteiger partial charge in [-0.3, -0.25) is 14.4 Å². The number of carbonyl (C=O) groups excluding carboxylic acids is 3. The Morgan fingerprint density at radius 1 is 0.490 bits per heavy atom. The number of aliphatic hydroxyl groups is 2. The fraction of sp³-hybridized carbons (Fsp3) is 0.427. The average molecular weight is 2020 g/mol. The average Bonchev–Trinajstić information content (AvgIpc) is 1.61. The van der Waals surface area contributed by atoms with Gasteiger partial charge in [-0.25, -0.2) is 63.6 Å². The number of primary amides is 1. The molecule has 3 aromatic carbocycles. The first kappa shape index (κ1) is 108. The molecule has 5 aliphatic carbocycles. The first-order valence-electron chi connectivity index (χ1n) is 50.2. The zero-order valence-corrected chi connectivity index (χ0v) is 85.5. The fourth-order valence-electron chi connectivity index (χ4n) is 18.6. The Morgan fingerprint density at radius 2 is 0.832 bits per heavy atom. The lowest BCUT2D eigenvalue weighted by molar-refractivity contribution is -0.135. The zero-order chi connectivity index (χ0) is 106. The van der Waals surface area contributed by atoms with Crippen molar-refractivity contribution in [1.82, 2.24) is 94.9 Å². The maximum Gasteiger partial charge on any atom is 0.225 e. The van der Waals surface area contributed by atoms with Crippen molar-refractivity contribution in [3.05, 3.63) is 214 Å². The molecule has 39 heteroatoms. The lowest BCUT2D eigenvalue weighted by atomic mass is 9.77. The number of rotatable bonds is 37. The summed E-state index contributed by atoms with van der Waals surface area (Å²) in [5, 5.41) is 72.1. The number of H-pyrrole nitrogens is 3. The standard InChI is InChI=1S/C23H26N6O.2C22H29FN6O2.C22H24N6O.C21H22N6O/c1-4-15-13-26-23(24-10-9-16-14-25-20-8-6-5-7-19(16)20)28-21(15)27-18-11-17(12-18)22(30)29(2)3;2*1-21(2,23)13-31-19-17(10-25-14-28-19)12-27-20-26-11-16(9-24)18(29-20)7-15-5-4-6-22(3,30)8-15;1-3-14-12-26-22(28-20(14)27-17-10-16(11-17)21(29)23-2)24-9-8-15-13-25-19-7-5-4-6-18(15)19;1-2-13-11-25-21(27-20(13)26-16-9-15(10-16)19(22)28)23-8-7-14-12-24-18-6-4-3-5-17(14)18/h1,5-8,13-14,17-18,25H,9-12H2,2-3H3,(H2,24,26,27,28);2*10-11,14-15,30H,4-8,12-13H2,1-3H3,(H,26,27,29);1,4-7,12-13,16-17,25H,8-11H2,2H3,(H,23,29)(H2,24,26,27,28);1,3-6,11-12,15-16,24H,7-10H2,(H2,22,28)(H2,23,25,26,27)/t;15-,22+;15-,22-;;/m.01../s1. The highest BCUT2D eigenvalue weighted by molar-refractivity contribution is 5.85. The fourth-order valence-corrected chi connectivity index (χ4v) is 18.6. The van der Waals surface area contributed by atoms with E-state index in [4.69, 9.17) is 34.5 Å². The van der Waals surface area contributed by atoms with E-state index in [2.05, 4.69) is 199 Å². The summed E-state index contributed by atoms with van der Waals surface area (Å²) < 4.78 is 38.5. The quantitative estimate of drug-likeness (QED) is 0.0161. The largest absolute Gasteiger partial charge is 0.474 e. The van der Waals surface area contributed by atoms with Crippen LogP contribution in [0.5, 0.6) is 11.8 Å². The summed E-state index contributed by atoms with van der Waals surface area (Å²) in [6.07, 6.45) is 51.9. The van der Waals surface area contributed by atoms with Crippen molar-refractivity contribution in [2.75, 3.05) is 96.5 Å². The van der Waals surface area contributed by atoms with Gasteiger partial charge in [-0.05, 0) is 197 Å². The van der Waals surface area contributed by atoms with Gasteiger partial charge < -0.3 is 93.1 Å². The molecule has 16 N–H and O–H groups in total. The minimum atomic E-state index is -1.48. The SMILES string of the molecule is C#Cc1cnc(NCCc2c[nH]c3ccccc23)nc1NC1CC(C(=O)N(C)C)C1.C#Cc1cnc(NCCc2c[nH]c3ccccc23)nc1NC1CC(C(=O)NC)C1.C#Cc1cnc(NCCc2c[nH]c3ccccc23)nc1NC1CC(C(N)=O)C1.CC(C)(F)COc1ncncc1CNc1ncc(C#N)c(C[C@@H]2CCC[C@@](C)(O)C2)n1.CC(C)(F)COc1ncncc1CNc1ncc(C#N)c(C[C@H]2CCC[C@@](C)(O)C2)n1. The lowest BCUT2D eigenvalue weighted by Gasteiger charge is -2.36. The molecule has 4 atom stereocenters. The van der Waals surface area contributed by atoms with Crippen molar-refractivity contribution in [3.63, 3.8) is 0 Å². The number of anilines is 8. The first-order valence-corrected chi connectivity index (χ1v) is 50.2. The van der Waals surface area contributed by atoms with Crippen LogP contribution >= 0.6 is 0 Å². The number of amides is 3. The third-order valence-corrected chi connectivity index (χ3v) is 26.7. The molecule has 37 nitrogen and oxygen atoms in total. The molecular weight excluding hydrogens is 1890 g/mol. The van der Waals surface area contributed by atoms with Crippen molar-refractivity contribution in [1.29, 1.82) is 10.5 Å². The van der Waals surface area contributed by atoms with Crippen LogP contribution in [0.2, 0.25) is 0 Å². The molecular formula is C110H130F2N30O7. The van der Waals surface area contributed by atoms with Gasteiger partial charge in [-0.1, -0.05) is 85.2 Å². The van der Waals surface area contributed by atoms with Crippen LogP contribution in [0.25, 0.3) is 32.7 Å². The van der Waals surface area contributed by atoms with Gasteiger partial charge >= 0.3 is 0 Å². The van der Waals surface area contributed by atoms with Gasteiger partial charge in [0.2, 0.25) is 59.2 Å². The predicted molar refractivity (Wildman–Crippen MR) is 570 cm³/mol. The molecule has 3 amide bonds. The smallest absolute Gasteiger partial charge is 0.225 e. The molecule has 13 aromatic rings. The summed E-state index contributed by atoms with van der Waals surface area (Å²) in [7, 11) is 5.24. The Labute approximate surface area is 865 Å². The lowest BCUT2D eigenvalue weighted by Crippen LogP contribution is -2.44. The number of nitrogens with one attached hydrogen (secondary N) is 12. The van der Waals surface area contributed by atoms with Crippen LogP contribution in [0, 0.1) is 89.3 Å². The number of halogens is 2. The number of nitrogens with two attached hydrogens (primary N) is 1. The van der Waals surface area contributed by atoms with Gasteiger partial charge in [-0.15, -0.1) is 19.3 Å². The second-order valence-corrected chi connectivity index (χ2v) is 40.3. The molecule has 0 unspecified atom stereocenters. The van der Waals surface area contributed by atoms with Crippen LogP contribution in [0.15, 0.2) is 147 Å². The summed E-state index contributed by atoms with van der Waals surface area (Å²) in [6, 6.07) is 29.6. The Morgan fingerprint density at radius 3 is 1.16 bits per heavy atom. The van der Waals surface area contributed by atoms with Crippen molar-refractivity contribution >= 4 is 97.6 Å². The van der Waals surface area contributed by atoms with Crippen LogP contribution in [-0.2, 0) is 59.6 Å². The molecule has 5 aliphatic rings. The number of nitriles is 2. The van der Waals surface area contributed by atoms with Gasteiger partial charge in [0.05, 0.1) is 92.5 Å². The maximum absolute atomic E-state index is 13.8. The molecule has 0 saturated heterocycles. The molecule has 18 rings (SSSR count). The number of carbonyl (C=O) groups is 3. The van der Waals surface area contributed by atoms with E-state index in [9.17, 15) is 43.9 Å². The second-order valence-electron chi connectivity index (χ2n) is 40.3. The third kappa shape index (κ3) is 31.1. The molecule has 10 aromatic heterocycles.